The molecule has 4 nitrogen and oxygen atoms in total. The van der Waals surface area contributed by atoms with Crippen LogP contribution in [0.4, 0.5) is 0 Å². The van der Waals surface area contributed by atoms with Crippen LogP contribution in [0.2, 0.25) is 0 Å². The maximum absolute atomic E-state index is 11.1. The molecular weight excluding hydrogens is 251 g/mol. The van der Waals surface area contributed by atoms with Crippen LogP contribution in [0.25, 0.3) is 0 Å². The van der Waals surface area contributed by atoms with Gasteiger partial charge in [-0.15, -0.1) is 4.52 Å². The monoisotopic (exact) mass is 275 g/mol. The van der Waals surface area contributed by atoms with Crippen molar-refractivity contribution >= 4 is 14.2 Å². The van der Waals surface area contributed by atoms with Crippen LogP contribution < -0.4 is 0 Å². The van der Waals surface area contributed by atoms with Crippen molar-refractivity contribution in [3.63, 3.8) is 0 Å². The van der Waals surface area contributed by atoms with Gasteiger partial charge in [0.25, 0.3) is 0 Å². The van der Waals surface area contributed by atoms with Gasteiger partial charge in [-0.2, -0.15) is 4.52 Å². The Morgan fingerprint density at radius 2 is 1.67 bits per heavy atom. The molecule has 0 aromatic rings. The topological polar surface area (TPSA) is 52.6 Å². The van der Waals surface area contributed by atoms with Crippen LogP contribution in [0.3, 0.4) is 0 Å². The number of unbranched alkanes of at least 4 members (excludes halogenated alkanes) is 7. The standard InChI is InChI=1S/C13H24O4P/c1-3-5-6-7-8-9-10-11-12-16-18(15)17-13(14)4-2/h4H,2-3,5-12H2,1H3/q+1. The average Bonchev–Trinajstić information content (AvgIpc) is 2.36. The molecule has 0 heterocycles. The van der Waals surface area contributed by atoms with E-state index in [1.807, 2.05) is 0 Å². The summed E-state index contributed by atoms with van der Waals surface area (Å²) in [5.74, 6) is -0.716. The maximum Gasteiger partial charge on any atom is 0.753 e. The zero-order valence-electron chi connectivity index (χ0n) is 11.2. The van der Waals surface area contributed by atoms with Gasteiger partial charge < -0.3 is 0 Å². The molecule has 0 rings (SSSR count). The molecule has 0 radical (unpaired) electrons. The molecule has 0 amide bonds. The quantitative estimate of drug-likeness (QED) is 0.298. The Labute approximate surface area is 111 Å². The molecular formula is C13H24O4P+. The smallest absolute Gasteiger partial charge is 0.241 e. The summed E-state index contributed by atoms with van der Waals surface area (Å²) in [6.45, 7) is 5.78. The zero-order chi connectivity index (χ0) is 13.6. The second-order valence-electron chi connectivity index (χ2n) is 4.15. The lowest BCUT2D eigenvalue weighted by molar-refractivity contribution is -0.129. The van der Waals surface area contributed by atoms with Gasteiger partial charge in [0.15, 0.2) is 0 Å². The predicted molar refractivity (Wildman–Crippen MR) is 72.5 cm³/mol. The Hall–Kier alpha value is -0.730. The summed E-state index contributed by atoms with van der Waals surface area (Å²) in [5, 5.41) is 0. The summed E-state index contributed by atoms with van der Waals surface area (Å²) in [6.07, 6.45) is 10.5. The molecule has 0 aromatic carbocycles. The number of hydrogen-bond acceptors (Lipinski definition) is 4. The molecule has 104 valence electrons. The molecule has 0 saturated carbocycles. The molecule has 0 N–H and O–H groups in total. The fraction of sp³-hybridized carbons (Fsp3) is 0.769. The van der Waals surface area contributed by atoms with Crippen molar-refractivity contribution in [2.45, 2.75) is 58.3 Å². The van der Waals surface area contributed by atoms with Crippen molar-refractivity contribution < 1.29 is 18.4 Å². The van der Waals surface area contributed by atoms with Crippen molar-refractivity contribution in [2.24, 2.45) is 0 Å². The van der Waals surface area contributed by atoms with Crippen LogP contribution in [0.1, 0.15) is 58.3 Å². The Balaban J connectivity index is 3.22. The van der Waals surface area contributed by atoms with Crippen LogP contribution in [0.5, 0.6) is 0 Å². The minimum absolute atomic E-state index is 0.370. The third kappa shape index (κ3) is 11.7. The van der Waals surface area contributed by atoms with Crippen molar-refractivity contribution in [3.05, 3.63) is 12.7 Å². The highest BCUT2D eigenvalue weighted by Gasteiger charge is 2.23. The molecule has 0 aliphatic carbocycles. The number of carbonyl (C=O) groups is 1. The van der Waals surface area contributed by atoms with Gasteiger partial charge in [0.2, 0.25) is 0 Å². The minimum atomic E-state index is -2.33. The molecule has 18 heavy (non-hydrogen) atoms. The van der Waals surface area contributed by atoms with E-state index in [2.05, 4.69) is 18.0 Å². The zero-order valence-corrected chi connectivity index (χ0v) is 12.1. The van der Waals surface area contributed by atoms with Crippen molar-refractivity contribution in [1.82, 2.24) is 0 Å². The highest BCUT2D eigenvalue weighted by atomic mass is 31.1. The van der Waals surface area contributed by atoms with Crippen molar-refractivity contribution in [2.75, 3.05) is 6.61 Å². The molecule has 0 aliphatic heterocycles. The largest absolute Gasteiger partial charge is 0.753 e. The van der Waals surface area contributed by atoms with Gasteiger partial charge in [-0.25, -0.2) is 4.79 Å². The van der Waals surface area contributed by atoms with Gasteiger partial charge in [-0.05, 0) is 6.42 Å². The van der Waals surface area contributed by atoms with E-state index in [1.165, 1.54) is 38.5 Å². The summed E-state index contributed by atoms with van der Waals surface area (Å²) >= 11 is 0. The fourth-order valence-corrected chi connectivity index (χ4v) is 2.06. The van der Waals surface area contributed by atoms with Gasteiger partial charge in [0.1, 0.15) is 6.61 Å². The number of carbonyl (C=O) groups excluding carboxylic acids is 1. The van der Waals surface area contributed by atoms with Crippen LogP contribution in [0.15, 0.2) is 12.7 Å². The predicted octanol–water partition coefficient (Wildman–Crippen LogP) is 4.53. The molecule has 0 aliphatic rings. The van der Waals surface area contributed by atoms with Gasteiger partial charge in [-0.3, -0.25) is 0 Å². The first-order valence-electron chi connectivity index (χ1n) is 6.65. The normalized spacial score (nSPS) is 11.1. The SMILES string of the molecule is C=CC(=O)O[P+](=O)OCCCCCCCCCC. The third-order valence-electron chi connectivity index (χ3n) is 2.53. The first-order valence-corrected chi connectivity index (χ1v) is 7.74. The summed E-state index contributed by atoms with van der Waals surface area (Å²) in [4.78, 5) is 10.7. The van der Waals surface area contributed by atoms with Crippen molar-refractivity contribution in [3.8, 4) is 0 Å². The lowest BCUT2D eigenvalue weighted by Crippen LogP contribution is -1.95. The Bertz CT molecular complexity index is 253. The fourth-order valence-electron chi connectivity index (χ4n) is 1.51. The van der Waals surface area contributed by atoms with Crippen molar-refractivity contribution in [1.29, 1.82) is 0 Å². The van der Waals surface area contributed by atoms with E-state index in [-0.39, 0.29) is 0 Å². The highest BCUT2D eigenvalue weighted by molar-refractivity contribution is 7.34. The van der Waals surface area contributed by atoms with Crippen LogP contribution in [0, 0.1) is 0 Å². The molecule has 1 atom stereocenters. The highest BCUT2D eigenvalue weighted by Crippen LogP contribution is 2.24. The first kappa shape index (κ1) is 17.3. The molecule has 0 fully saturated rings. The molecule has 5 heteroatoms. The second kappa shape index (κ2) is 12.7. The van der Waals surface area contributed by atoms with Gasteiger partial charge in [0, 0.05) is 10.6 Å². The molecule has 0 saturated heterocycles. The molecule has 0 aromatic heterocycles. The van der Waals surface area contributed by atoms with Gasteiger partial charge >= 0.3 is 14.2 Å². The average molecular weight is 275 g/mol. The number of hydrogen-bond donors (Lipinski definition) is 0. The van der Waals surface area contributed by atoms with Gasteiger partial charge in [0.05, 0.1) is 0 Å². The third-order valence-corrected chi connectivity index (χ3v) is 3.25. The molecule has 1 unspecified atom stereocenters. The summed E-state index contributed by atoms with van der Waals surface area (Å²) in [5.41, 5.74) is 0. The Morgan fingerprint density at radius 3 is 2.22 bits per heavy atom. The van der Waals surface area contributed by atoms with Crippen LogP contribution in [-0.4, -0.2) is 12.6 Å². The summed E-state index contributed by atoms with van der Waals surface area (Å²) < 4.78 is 20.3. The summed E-state index contributed by atoms with van der Waals surface area (Å²) in [7, 11) is -2.33. The van der Waals surface area contributed by atoms with E-state index in [4.69, 9.17) is 4.52 Å². The van der Waals surface area contributed by atoms with E-state index in [9.17, 15) is 9.36 Å². The number of rotatable bonds is 12. The van der Waals surface area contributed by atoms with E-state index < -0.39 is 14.2 Å². The van der Waals surface area contributed by atoms with Gasteiger partial charge in [-0.1, -0.05) is 58.4 Å². The maximum atomic E-state index is 11.1. The lowest BCUT2D eigenvalue weighted by atomic mass is 10.1. The van der Waals surface area contributed by atoms with E-state index in [0.717, 1.165) is 18.9 Å². The second-order valence-corrected chi connectivity index (χ2v) is 5.03. The molecule has 0 spiro atoms. The Morgan fingerprint density at radius 1 is 1.11 bits per heavy atom. The molecule has 0 bridgehead atoms. The van der Waals surface area contributed by atoms with Crippen LogP contribution >= 0.6 is 8.25 Å². The van der Waals surface area contributed by atoms with E-state index in [0.29, 0.717) is 6.61 Å². The van der Waals surface area contributed by atoms with Crippen LogP contribution in [-0.2, 0) is 18.4 Å². The van der Waals surface area contributed by atoms with E-state index in [1.54, 1.807) is 0 Å². The summed E-state index contributed by atoms with van der Waals surface area (Å²) in [6, 6.07) is 0. The first-order chi connectivity index (χ1) is 8.70. The Kier molecular flexibility index (Phi) is 12.2. The minimum Gasteiger partial charge on any atom is -0.241 e. The van der Waals surface area contributed by atoms with E-state index >= 15 is 0 Å². The lowest BCUT2D eigenvalue weighted by Gasteiger charge is -1.99.